The molecule has 2 unspecified atom stereocenters. The van der Waals surface area contributed by atoms with E-state index in [0.29, 0.717) is 59.2 Å². The van der Waals surface area contributed by atoms with E-state index in [9.17, 15) is 37.9 Å². The van der Waals surface area contributed by atoms with Crippen LogP contribution < -0.4 is 27.0 Å². The largest absolute Gasteiger partial charge is 0.490 e. The van der Waals surface area contributed by atoms with Crippen LogP contribution in [0.15, 0.2) is 89.5 Å². The predicted octanol–water partition coefficient (Wildman–Crippen LogP) is 8.72. The summed E-state index contributed by atoms with van der Waals surface area (Å²) in [5, 5.41) is 5.84. The number of hydrogen-bond acceptors (Lipinski definition) is 20. The number of anilines is 2. The van der Waals surface area contributed by atoms with Crippen LogP contribution in [0, 0.1) is 13.8 Å². The van der Waals surface area contributed by atoms with Crippen LogP contribution in [0.2, 0.25) is 0 Å². The molecule has 2 amide bonds. The molecule has 3 aliphatic rings. The van der Waals surface area contributed by atoms with Crippen LogP contribution in [-0.2, 0) is 75.7 Å². The van der Waals surface area contributed by atoms with E-state index in [2.05, 4.69) is 149 Å². The van der Waals surface area contributed by atoms with E-state index in [4.69, 9.17) is 48.5 Å². The van der Waals surface area contributed by atoms with Crippen molar-refractivity contribution >= 4 is 79.8 Å². The first-order valence-corrected chi connectivity index (χ1v) is 37.0. The number of allylic oxidation sites excluding steroid dienone is 6. The molecule has 1 saturated heterocycles. The quantitative estimate of drug-likeness (QED) is 0.00698. The summed E-state index contributed by atoms with van der Waals surface area (Å²) >= 11 is 0. The summed E-state index contributed by atoms with van der Waals surface area (Å²) in [6.45, 7) is 23.9. The standard InChI is InChI=1S/C60H90N7O19P3S2/c1-10-65-47-22-20-43(2)37-45(47)59(6,7)51(65)17-13-11-14-18-52-60(8,9)46-38-44(3)21-23-48(46)66(52)27-16-12-15-19-54(68)62-26-30-79-32-34-81-36-35-80-33-31-78-29-25-55(69)63-41-58(4,5)91-90-42-82-49-39-56(67-28-24-53(61)64-57(67)70)84-50(49)40-83-88(74,75)86-89(76,77)85-87(71,72)73/h11,13-14,17-18,20-24,28,37-38,49-50,56H,10,12,15-16,19,25-27,29-36,39-42H2,1-9H3,(H7-,61,62,63,64,68,69,70,71,72,73,74,75,76,77)/p+1/t49-,50-,56-/m1/s1. The zero-order valence-corrected chi connectivity index (χ0v) is 57.6. The van der Waals surface area contributed by atoms with Crippen LogP contribution in [0.3, 0.4) is 0 Å². The number of unbranched alkanes of at least 4 members (excludes halogenated alkanes) is 2. The van der Waals surface area contributed by atoms with Crippen molar-refractivity contribution in [3.8, 4) is 0 Å². The number of hydrogen-bond donors (Lipinski definition) is 7. The minimum atomic E-state index is -5.77. The molecule has 0 aliphatic carbocycles. The molecule has 2 aromatic carbocycles. The van der Waals surface area contributed by atoms with Crippen molar-refractivity contribution in [2.75, 3.05) is 102 Å². The first-order valence-electron chi connectivity index (χ1n) is 30.2. The smallest absolute Gasteiger partial charge is 0.383 e. The number of phosphoric ester groups is 1. The van der Waals surface area contributed by atoms with E-state index in [-0.39, 0.29) is 60.5 Å². The summed E-state index contributed by atoms with van der Waals surface area (Å²) in [7, 11) is -14.2. The summed E-state index contributed by atoms with van der Waals surface area (Å²) in [6.07, 6.45) is 12.5. The number of rotatable bonds is 40. The molecule has 0 spiro atoms. The minimum Gasteiger partial charge on any atom is -0.383 e. The van der Waals surface area contributed by atoms with Gasteiger partial charge < -0.3 is 69.3 Å². The topological polar surface area (TPSA) is 341 Å². The van der Waals surface area contributed by atoms with Gasteiger partial charge in [0.1, 0.15) is 30.6 Å². The highest BCUT2D eigenvalue weighted by atomic mass is 33.1. The minimum absolute atomic E-state index is 0.00970. The lowest BCUT2D eigenvalue weighted by atomic mass is 9.81. The van der Waals surface area contributed by atoms with Gasteiger partial charge in [0.2, 0.25) is 17.5 Å². The number of nitrogens with one attached hydrogen (secondary N) is 2. The Labute approximate surface area is 540 Å². The monoisotopic (exact) mass is 1370 g/mol. The normalized spacial score (nSPS) is 19.8. The van der Waals surface area contributed by atoms with Crippen LogP contribution in [-0.4, -0.2) is 160 Å². The fraction of sp³-hybridized carbons (Fsp3) is 0.583. The molecule has 0 radical (unpaired) electrons. The third-order valence-corrected chi connectivity index (χ3v) is 21.8. The lowest BCUT2D eigenvalue weighted by molar-refractivity contribution is -0.438. The highest BCUT2D eigenvalue weighted by molar-refractivity contribution is 8.77. The van der Waals surface area contributed by atoms with Crippen LogP contribution in [0.5, 0.6) is 0 Å². The summed E-state index contributed by atoms with van der Waals surface area (Å²) < 4.78 is 84.8. The van der Waals surface area contributed by atoms with E-state index in [1.165, 1.54) is 78.9 Å². The summed E-state index contributed by atoms with van der Waals surface area (Å²) in [5.41, 5.74) is 14.9. The molecular weight excluding hydrogens is 1280 g/mol. The molecule has 5 atom stereocenters. The Balaban J connectivity index is 0.768. The first-order chi connectivity index (χ1) is 42.9. The molecule has 0 bridgehead atoms. The second kappa shape index (κ2) is 34.9. The number of phosphoric acid groups is 3. The maximum Gasteiger partial charge on any atom is 0.490 e. The Bertz CT molecular complexity index is 3280. The van der Waals surface area contributed by atoms with E-state index in [0.717, 1.165) is 36.9 Å². The molecule has 26 nitrogen and oxygen atoms in total. The third-order valence-electron chi connectivity index (χ3n) is 15.1. The van der Waals surface area contributed by atoms with Crippen molar-refractivity contribution in [1.82, 2.24) is 20.2 Å². The fourth-order valence-electron chi connectivity index (χ4n) is 10.6. The number of carbonyl (C=O) groups excluding carboxylic acids is 2. The van der Waals surface area contributed by atoms with Crippen molar-refractivity contribution in [3.63, 3.8) is 0 Å². The molecule has 0 saturated carbocycles. The molecule has 3 aromatic rings. The van der Waals surface area contributed by atoms with Gasteiger partial charge in [0.05, 0.1) is 71.0 Å². The van der Waals surface area contributed by atoms with Crippen molar-refractivity contribution in [1.29, 1.82) is 0 Å². The van der Waals surface area contributed by atoms with Gasteiger partial charge in [-0.05, 0) is 91.1 Å². The van der Waals surface area contributed by atoms with E-state index < -0.39 is 58.9 Å². The van der Waals surface area contributed by atoms with Crippen LogP contribution in [0.1, 0.15) is 115 Å². The van der Waals surface area contributed by atoms with Crippen molar-refractivity contribution < 1.29 is 89.0 Å². The number of aromatic nitrogens is 2. The second-order valence-electron chi connectivity index (χ2n) is 23.6. The van der Waals surface area contributed by atoms with Crippen molar-refractivity contribution in [2.45, 2.75) is 135 Å². The first kappa shape index (κ1) is 75.6. The highest BCUT2D eigenvalue weighted by Gasteiger charge is 2.46. The van der Waals surface area contributed by atoms with Gasteiger partial charge in [0.15, 0.2) is 5.71 Å². The number of nitrogen functional groups attached to an aromatic ring is 1. The number of carbonyl (C=O) groups is 2. The molecule has 4 heterocycles. The Morgan fingerprint density at radius 1 is 0.813 bits per heavy atom. The molecule has 3 aliphatic heterocycles. The number of fused-ring (bicyclic) bond motifs is 2. The Hall–Kier alpha value is -4.38. The SMILES string of the molecule is CCN1/C(=C/C=C/C=C/C2=[N+](CCCCCC(=O)NCCOCCOCCOCCOCCC(=O)NCC(C)(C)SSCO[C@@H]3C[C@H](n4ccc(N)nc4=O)O[C@@H]3COP(=O)(O)OP(=O)(O)OP(=O)(O)O)c3ccc(C)cc3C2(C)C)C(C)(C)c2cc(C)ccc21. The van der Waals surface area contributed by atoms with Gasteiger partial charge in [-0.15, -0.1) is 0 Å². The Kier molecular flexibility index (Phi) is 29.0. The molecular formula is C60H91N7O19P3S2+. The van der Waals surface area contributed by atoms with Gasteiger partial charge in [0.25, 0.3) is 0 Å². The Morgan fingerprint density at radius 3 is 2.13 bits per heavy atom. The number of amides is 2. The predicted molar refractivity (Wildman–Crippen MR) is 350 cm³/mol. The number of nitrogens with zero attached hydrogens (tertiary/aromatic N) is 4. The summed E-state index contributed by atoms with van der Waals surface area (Å²) in [5.74, 6) is -0.231. The lowest BCUT2D eigenvalue weighted by Crippen LogP contribution is -2.36. The molecule has 1 aromatic heterocycles. The van der Waals surface area contributed by atoms with E-state index in [1.807, 2.05) is 13.8 Å². The number of ether oxygens (including phenoxy) is 6. The molecule has 31 heteroatoms. The molecule has 91 heavy (non-hydrogen) atoms. The van der Waals surface area contributed by atoms with Gasteiger partial charge in [-0.1, -0.05) is 83.0 Å². The Morgan fingerprint density at radius 2 is 1.46 bits per heavy atom. The molecule has 8 N–H and O–H groups in total. The summed E-state index contributed by atoms with van der Waals surface area (Å²) in [4.78, 5) is 81.0. The van der Waals surface area contributed by atoms with Gasteiger partial charge in [-0.3, -0.25) is 18.7 Å². The number of aryl methyl sites for hydroxylation is 2. The van der Waals surface area contributed by atoms with Gasteiger partial charge in [-0.25, -0.2) is 18.5 Å². The maximum absolute atomic E-state index is 12.7. The zero-order valence-electron chi connectivity index (χ0n) is 53.3. The number of benzene rings is 2. The van der Waals surface area contributed by atoms with Gasteiger partial charge >= 0.3 is 29.2 Å². The highest BCUT2D eigenvalue weighted by Crippen LogP contribution is 2.66. The summed E-state index contributed by atoms with van der Waals surface area (Å²) in [6, 6.07) is 14.9. The zero-order chi connectivity index (χ0) is 66.6. The lowest BCUT2D eigenvalue weighted by Gasteiger charge is -2.25. The van der Waals surface area contributed by atoms with Gasteiger partial charge in [-0.2, -0.15) is 18.2 Å². The average molecular weight is 1370 g/mol. The van der Waals surface area contributed by atoms with Gasteiger partial charge in [0, 0.05) is 90.8 Å². The van der Waals surface area contributed by atoms with E-state index in [1.54, 1.807) is 0 Å². The molecule has 506 valence electrons. The van der Waals surface area contributed by atoms with Crippen LogP contribution in [0.25, 0.3) is 0 Å². The molecule has 1 fully saturated rings. The maximum atomic E-state index is 12.7. The third kappa shape index (κ3) is 23.8. The van der Waals surface area contributed by atoms with E-state index >= 15 is 0 Å². The van der Waals surface area contributed by atoms with Crippen molar-refractivity contribution in [3.05, 3.63) is 117 Å². The molecule has 6 rings (SSSR count). The number of likely N-dealkylation sites (N-methyl/N-ethyl adjacent to an activating group) is 1. The van der Waals surface area contributed by atoms with Crippen molar-refractivity contribution in [2.24, 2.45) is 0 Å². The average Bonchev–Trinajstić information content (AvgIpc) is 1.62. The fourth-order valence-corrected chi connectivity index (χ4v) is 15.8. The van der Waals surface area contributed by atoms with Crippen LogP contribution in [0.4, 0.5) is 17.2 Å². The van der Waals surface area contributed by atoms with Crippen LogP contribution >= 0.6 is 45.1 Å². The second-order valence-corrected chi connectivity index (χ2v) is 31.0. The number of nitrogens with two attached hydrogens (primary N) is 1.